The monoisotopic (exact) mass is 356 g/mol. The van der Waals surface area contributed by atoms with E-state index >= 15 is 0 Å². The molecule has 1 aromatic heterocycles. The molecule has 7 heteroatoms. The van der Waals surface area contributed by atoms with Gasteiger partial charge in [-0.1, -0.05) is 12.1 Å². The van der Waals surface area contributed by atoms with Gasteiger partial charge < -0.3 is 19.6 Å². The standard InChI is InChI=1S/C19H28N6O/c1-21-10-12-24(13-11-21)9-8-15-14-22(2)19(26)25-17-7-5-4-6-16(17)20-18(25)23(15)3/h4-7,15H,8-14H2,1-3H3. The molecule has 0 radical (unpaired) electrons. The van der Waals surface area contributed by atoms with Crippen LogP contribution in [0.15, 0.2) is 24.3 Å². The lowest BCUT2D eigenvalue weighted by Gasteiger charge is -2.34. The predicted molar refractivity (Wildman–Crippen MR) is 104 cm³/mol. The van der Waals surface area contributed by atoms with Crippen LogP contribution in [0, 0.1) is 0 Å². The summed E-state index contributed by atoms with van der Waals surface area (Å²) in [4.78, 5) is 26.6. The number of hydrogen-bond donors (Lipinski definition) is 0. The number of anilines is 1. The van der Waals surface area contributed by atoms with Crippen molar-refractivity contribution in [1.29, 1.82) is 0 Å². The molecule has 0 spiro atoms. The van der Waals surface area contributed by atoms with Gasteiger partial charge in [0.2, 0.25) is 5.95 Å². The van der Waals surface area contributed by atoms with Gasteiger partial charge in [0.1, 0.15) is 0 Å². The molecule has 2 aromatic rings. The molecular weight excluding hydrogens is 328 g/mol. The van der Waals surface area contributed by atoms with Crippen LogP contribution in [0.5, 0.6) is 0 Å². The number of amides is 1. The first kappa shape index (κ1) is 17.3. The van der Waals surface area contributed by atoms with Crippen LogP contribution in [0.4, 0.5) is 10.7 Å². The van der Waals surface area contributed by atoms with Crippen molar-refractivity contribution in [3.8, 4) is 0 Å². The number of rotatable bonds is 3. The van der Waals surface area contributed by atoms with Gasteiger partial charge in [0.25, 0.3) is 0 Å². The smallest absolute Gasteiger partial charge is 0.331 e. The molecule has 0 aliphatic carbocycles. The zero-order valence-electron chi connectivity index (χ0n) is 15.9. The van der Waals surface area contributed by atoms with Crippen molar-refractivity contribution in [3.63, 3.8) is 0 Å². The fourth-order valence-corrected chi connectivity index (χ4v) is 3.98. The Kier molecular flexibility index (Phi) is 4.58. The van der Waals surface area contributed by atoms with E-state index in [4.69, 9.17) is 4.98 Å². The Morgan fingerprint density at radius 2 is 1.81 bits per heavy atom. The molecule has 0 N–H and O–H groups in total. The number of carbonyl (C=O) groups is 1. The van der Waals surface area contributed by atoms with Crippen molar-refractivity contribution in [2.45, 2.75) is 12.5 Å². The molecule has 0 bridgehead atoms. The van der Waals surface area contributed by atoms with Crippen LogP contribution in [0.3, 0.4) is 0 Å². The Labute approximate surface area is 154 Å². The van der Waals surface area contributed by atoms with Gasteiger partial charge in [-0.05, 0) is 25.6 Å². The molecule has 0 saturated carbocycles. The Hall–Kier alpha value is -2.12. The summed E-state index contributed by atoms with van der Waals surface area (Å²) in [6, 6.07) is 8.13. The molecule has 7 nitrogen and oxygen atoms in total. The van der Waals surface area contributed by atoms with Gasteiger partial charge in [-0.15, -0.1) is 0 Å². The van der Waals surface area contributed by atoms with Crippen LogP contribution in [-0.2, 0) is 0 Å². The van der Waals surface area contributed by atoms with Crippen molar-refractivity contribution in [2.24, 2.45) is 0 Å². The molecular formula is C19H28N6O. The number of piperazine rings is 1. The zero-order chi connectivity index (χ0) is 18.3. The van der Waals surface area contributed by atoms with Gasteiger partial charge in [-0.3, -0.25) is 0 Å². The minimum Gasteiger partial charge on any atom is -0.340 e. The molecule has 1 fully saturated rings. The molecule has 140 valence electrons. The third kappa shape index (κ3) is 3.05. The van der Waals surface area contributed by atoms with Gasteiger partial charge in [0.15, 0.2) is 0 Å². The summed E-state index contributed by atoms with van der Waals surface area (Å²) in [5, 5.41) is 0. The summed E-state index contributed by atoms with van der Waals surface area (Å²) >= 11 is 0. The summed E-state index contributed by atoms with van der Waals surface area (Å²) in [6.07, 6.45) is 1.03. The van der Waals surface area contributed by atoms with Crippen LogP contribution in [-0.4, -0.2) is 96.7 Å². The van der Waals surface area contributed by atoms with E-state index in [-0.39, 0.29) is 12.1 Å². The lowest BCUT2D eigenvalue weighted by atomic mass is 10.1. The van der Waals surface area contributed by atoms with Crippen LogP contribution < -0.4 is 4.90 Å². The Morgan fingerprint density at radius 3 is 2.58 bits per heavy atom. The van der Waals surface area contributed by atoms with Gasteiger partial charge >= 0.3 is 6.03 Å². The third-order valence-electron chi connectivity index (χ3n) is 5.78. The molecule has 1 aromatic carbocycles. The number of aromatic nitrogens is 2. The van der Waals surface area contributed by atoms with Crippen molar-refractivity contribution < 1.29 is 4.79 Å². The highest BCUT2D eigenvalue weighted by Crippen LogP contribution is 2.27. The van der Waals surface area contributed by atoms with Crippen molar-refractivity contribution in [3.05, 3.63) is 24.3 Å². The highest BCUT2D eigenvalue weighted by atomic mass is 16.2. The number of para-hydroxylation sites is 2. The maximum Gasteiger partial charge on any atom is 0.331 e. The van der Waals surface area contributed by atoms with Gasteiger partial charge in [0, 0.05) is 53.4 Å². The fraction of sp³-hybridized carbons (Fsp3) is 0.579. The molecule has 1 unspecified atom stereocenters. The van der Waals surface area contributed by atoms with Gasteiger partial charge in [0.05, 0.1) is 17.1 Å². The summed E-state index contributed by atoms with van der Waals surface area (Å²) in [5.74, 6) is 0.754. The summed E-state index contributed by atoms with van der Waals surface area (Å²) in [6.45, 7) is 6.30. The quantitative estimate of drug-likeness (QED) is 0.832. The third-order valence-corrected chi connectivity index (χ3v) is 5.78. The average Bonchev–Trinajstić information content (AvgIpc) is 3.01. The molecule has 1 saturated heterocycles. The van der Waals surface area contributed by atoms with E-state index in [1.54, 1.807) is 4.57 Å². The summed E-state index contributed by atoms with van der Waals surface area (Å²) < 4.78 is 1.76. The van der Waals surface area contributed by atoms with Gasteiger partial charge in [-0.25, -0.2) is 14.3 Å². The summed E-state index contributed by atoms with van der Waals surface area (Å²) in [7, 11) is 6.14. The normalized spacial score (nSPS) is 22.7. The molecule has 1 atom stereocenters. The Balaban J connectivity index is 1.57. The number of fused-ring (bicyclic) bond motifs is 3. The highest BCUT2D eigenvalue weighted by Gasteiger charge is 2.31. The second-order valence-electron chi connectivity index (χ2n) is 7.60. The van der Waals surface area contributed by atoms with Gasteiger partial charge in [-0.2, -0.15) is 0 Å². The lowest BCUT2D eigenvalue weighted by molar-refractivity contribution is 0.148. The first-order valence-corrected chi connectivity index (χ1v) is 9.41. The lowest BCUT2D eigenvalue weighted by Crippen LogP contribution is -2.47. The number of nitrogens with zero attached hydrogens (tertiary/aromatic N) is 6. The van der Waals surface area contributed by atoms with E-state index in [1.807, 2.05) is 36.2 Å². The Bertz CT molecular complexity index is 794. The highest BCUT2D eigenvalue weighted by molar-refractivity contribution is 5.93. The van der Waals surface area contributed by atoms with E-state index < -0.39 is 0 Å². The molecule has 4 rings (SSSR count). The van der Waals surface area contributed by atoms with Crippen molar-refractivity contribution in [2.75, 3.05) is 65.3 Å². The van der Waals surface area contributed by atoms with E-state index in [9.17, 15) is 4.79 Å². The Morgan fingerprint density at radius 1 is 1.08 bits per heavy atom. The van der Waals surface area contributed by atoms with Crippen LogP contribution in [0.2, 0.25) is 0 Å². The van der Waals surface area contributed by atoms with E-state index in [0.717, 1.165) is 62.7 Å². The van der Waals surface area contributed by atoms with Crippen molar-refractivity contribution >= 4 is 23.0 Å². The molecule has 2 aliphatic heterocycles. The number of benzene rings is 1. The predicted octanol–water partition coefficient (Wildman–Crippen LogP) is 1.39. The second-order valence-corrected chi connectivity index (χ2v) is 7.60. The fourth-order valence-electron chi connectivity index (χ4n) is 3.98. The maximum absolute atomic E-state index is 13.0. The zero-order valence-corrected chi connectivity index (χ0v) is 15.9. The maximum atomic E-state index is 13.0. The van der Waals surface area contributed by atoms with Crippen LogP contribution in [0.1, 0.15) is 6.42 Å². The molecule has 3 heterocycles. The largest absolute Gasteiger partial charge is 0.340 e. The number of likely N-dealkylation sites (N-methyl/N-ethyl adjacent to an activating group) is 3. The minimum absolute atomic E-state index is 0.00245. The first-order chi connectivity index (χ1) is 12.5. The topological polar surface area (TPSA) is 47.9 Å². The SMILES string of the molecule is CN1CCN(CCC2CN(C)C(=O)n3c(nc4ccccc43)N2C)CC1. The number of carbonyl (C=O) groups excluding carboxylic acids is 1. The molecule has 2 aliphatic rings. The number of imidazole rings is 1. The molecule has 26 heavy (non-hydrogen) atoms. The summed E-state index contributed by atoms with van der Waals surface area (Å²) in [5.41, 5.74) is 1.75. The second kappa shape index (κ2) is 6.89. The molecule has 1 amide bonds. The van der Waals surface area contributed by atoms with E-state index in [2.05, 4.69) is 28.8 Å². The van der Waals surface area contributed by atoms with Crippen molar-refractivity contribution in [1.82, 2.24) is 24.3 Å². The first-order valence-electron chi connectivity index (χ1n) is 9.41. The van der Waals surface area contributed by atoms with E-state index in [0.29, 0.717) is 0 Å². The average molecular weight is 356 g/mol. The van der Waals surface area contributed by atoms with E-state index in [1.165, 1.54) is 0 Å². The minimum atomic E-state index is 0.00245. The van der Waals surface area contributed by atoms with Crippen LogP contribution >= 0.6 is 0 Å². The number of hydrogen-bond acceptors (Lipinski definition) is 5. The van der Waals surface area contributed by atoms with Crippen LogP contribution in [0.25, 0.3) is 11.0 Å².